The van der Waals surface area contributed by atoms with Gasteiger partial charge in [0, 0.05) is 6.54 Å². The Labute approximate surface area is 99.8 Å². The first-order chi connectivity index (χ1) is 8.08. The Balaban J connectivity index is 2.21. The summed E-state index contributed by atoms with van der Waals surface area (Å²) in [5.41, 5.74) is 2.27. The lowest BCUT2D eigenvalue weighted by molar-refractivity contribution is -0.137. The normalized spacial score (nSPS) is 9.94. The molecule has 0 saturated heterocycles. The van der Waals surface area contributed by atoms with Crippen molar-refractivity contribution in [3.05, 3.63) is 35.4 Å². The zero-order chi connectivity index (χ0) is 12.7. The van der Waals surface area contributed by atoms with Crippen LogP contribution in [0.3, 0.4) is 0 Å². The van der Waals surface area contributed by atoms with E-state index in [1.165, 1.54) is 5.56 Å². The molecular weight excluding hydrogens is 220 g/mol. The number of hydrogen-bond acceptors (Lipinski definition) is 3. The number of aryl methyl sites for hydroxylation is 1. The molecule has 0 aliphatic rings. The van der Waals surface area contributed by atoms with Crippen LogP contribution in [-0.4, -0.2) is 30.1 Å². The molecule has 0 radical (unpaired) electrons. The molecule has 3 N–H and O–H groups in total. The minimum Gasteiger partial charge on any atom is -0.480 e. The number of carboxylic acids is 1. The molecule has 1 rings (SSSR count). The molecule has 0 aliphatic heterocycles. The second kappa shape index (κ2) is 6.65. The van der Waals surface area contributed by atoms with Gasteiger partial charge >= 0.3 is 5.97 Å². The van der Waals surface area contributed by atoms with Crippen LogP contribution in [0.25, 0.3) is 0 Å². The highest BCUT2D eigenvalue weighted by atomic mass is 16.4. The molecular formula is C12H16N2O3. The van der Waals surface area contributed by atoms with Gasteiger partial charge in [-0.05, 0) is 12.5 Å². The maximum Gasteiger partial charge on any atom is 0.322 e. The number of carbonyl (C=O) groups excluding carboxylic acids is 1. The number of nitrogens with one attached hydrogen (secondary N) is 2. The summed E-state index contributed by atoms with van der Waals surface area (Å²) in [6.07, 6.45) is 0. The van der Waals surface area contributed by atoms with Gasteiger partial charge in [-0.25, -0.2) is 0 Å². The molecule has 17 heavy (non-hydrogen) atoms. The lowest BCUT2D eigenvalue weighted by Crippen LogP contribution is -2.36. The SMILES string of the molecule is Cc1ccc(CNCC(=O)NCC(=O)O)cc1. The van der Waals surface area contributed by atoms with Crippen LogP contribution in [0.1, 0.15) is 11.1 Å². The monoisotopic (exact) mass is 236 g/mol. The summed E-state index contributed by atoms with van der Waals surface area (Å²) in [6.45, 7) is 2.36. The first-order valence-electron chi connectivity index (χ1n) is 5.32. The minimum absolute atomic E-state index is 0.112. The van der Waals surface area contributed by atoms with Crippen molar-refractivity contribution in [3.8, 4) is 0 Å². The maximum atomic E-state index is 11.2. The van der Waals surface area contributed by atoms with Crippen LogP contribution in [0.5, 0.6) is 0 Å². The van der Waals surface area contributed by atoms with E-state index in [4.69, 9.17) is 5.11 Å². The molecule has 5 heteroatoms. The topological polar surface area (TPSA) is 78.4 Å². The van der Waals surface area contributed by atoms with Crippen LogP contribution in [0.4, 0.5) is 0 Å². The van der Waals surface area contributed by atoms with E-state index >= 15 is 0 Å². The molecule has 0 heterocycles. The standard InChI is InChI=1S/C12H16N2O3/c1-9-2-4-10(5-3-9)6-13-7-11(15)14-8-12(16)17/h2-5,13H,6-8H2,1H3,(H,14,15)(H,16,17). The van der Waals surface area contributed by atoms with Crippen LogP contribution in [-0.2, 0) is 16.1 Å². The zero-order valence-corrected chi connectivity index (χ0v) is 9.69. The molecule has 1 amide bonds. The highest BCUT2D eigenvalue weighted by Crippen LogP contribution is 2.01. The van der Waals surface area contributed by atoms with Crippen molar-refractivity contribution in [2.75, 3.05) is 13.1 Å². The smallest absolute Gasteiger partial charge is 0.322 e. The Morgan fingerprint density at radius 3 is 2.41 bits per heavy atom. The van der Waals surface area contributed by atoms with E-state index in [9.17, 15) is 9.59 Å². The van der Waals surface area contributed by atoms with Crippen molar-refractivity contribution < 1.29 is 14.7 Å². The third kappa shape index (κ3) is 5.67. The third-order valence-electron chi connectivity index (χ3n) is 2.17. The molecule has 0 fully saturated rings. The average Bonchev–Trinajstić information content (AvgIpc) is 2.29. The highest BCUT2D eigenvalue weighted by Gasteiger charge is 2.02. The predicted octanol–water partition coefficient (Wildman–Crippen LogP) is 0.285. The van der Waals surface area contributed by atoms with Gasteiger partial charge in [-0.15, -0.1) is 0 Å². The van der Waals surface area contributed by atoms with Crippen molar-refractivity contribution in [2.45, 2.75) is 13.5 Å². The number of carboxylic acid groups (broad SMARTS) is 1. The molecule has 0 spiro atoms. The van der Waals surface area contributed by atoms with Crippen molar-refractivity contribution in [1.82, 2.24) is 10.6 Å². The zero-order valence-electron chi connectivity index (χ0n) is 9.69. The Hall–Kier alpha value is -1.88. The van der Waals surface area contributed by atoms with Gasteiger partial charge in [0.1, 0.15) is 6.54 Å². The lowest BCUT2D eigenvalue weighted by atomic mass is 10.1. The van der Waals surface area contributed by atoms with Gasteiger partial charge in [0.2, 0.25) is 5.91 Å². The second-order valence-electron chi connectivity index (χ2n) is 3.76. The molecule has 1 aromatic rings. The van der Waals surface area contributed by atoms with E-state index in [1.807, 2.05) is 31.2 Å². The summed E-state index contributed by atoms with van der Waals surface area (Å²) >= 11 is 0. The van der Waals surface area contributed by atoms with Crippen molar-refractivity contribution >= 4 is 11.9 Å². The van der Waals surface area contributed by atoms with Gasteiger partial charge in [0.05, 0.1) is 6.54 Å². The highest BCUT2D eigenvalue weighted by molar-refractivity contribution is 5.82. The second-order valence-corrected chi connectivity index (χ2v) is 3.76. The number of hydrogen-bond donors (Lipinski definition) is 3. The van der Waals surface area contributed by atoms with Gasteiger partial charge < -0.3 is 15.7 Å². The summed E-state index contributed by atoms with van der Waals surface area (Å²) in [7, 11) is 0. The Morgan fingerprint density at radius 2 is 1.82 bits per heavy atom. The Kier molecular flexibility index (Phi) is 5.16. The molecule has 0 unspecified atom stereocenters. The average molecular weight is 236 g/mol. The van der Waals surface area contributed by atoms with Gasteiger partial charge in [0.15, 0.2) is 0 Å². The van der Waals surface area contributed by atoms with E-state index in [0.717, 1.165) is 5.56 Å². The van der Waals surface area contributed by atoms with Crippen LogP contribution in [0.2, 0.25) is 0 Å². The summed E-state index contributed by atoms with van der Waals surface area (Å²) in [6, 6.07) is 7.97. The van der Waals surface area contributed by atoms with Crippen molar-refractivity contribution in [1.29, 1.82) is 0 Å². The third-order valence-corrected chi connectivity index (χ3v) is 2.17. The maximum absolute atomic E-state index is 11.2. The molecule has 0 bridgehead atoms. The van der Waals surface area contributed by atoms with Crippen molar-refractivity contribution in [2.24, 2.45) is 0 Å². The van der Waals surface area contributed by atoms with Gasteiger partial charge in [-0.2, -0.15) is 0 Å². The summed E-state index contributed by atoms with van der Waals surface area (Å²) in [5, 5.41) is 13.6. The first-order valence-corrected chi connectivity index (χ1v) is 5.32. The quantitative estimate of drug-likeness (QED) is 0.663. The van der Waals surface area contributed by atoms with E-state index in [2.05, 4.69) is 10.6 Å². The summed E-state index contributed by atoms with van der Waals surface area (Å²) in [5.74, 6) is -1.36. The lowest BCUT2D eigenvalue weighted by Gasteiger charge is -2.05. The fraction of sp³-hybridized carbons (Fsp3) is 0.333. The fourth-order valence-corrected chi connectivity index (χ4v) is 1.26. The fourth-order valence-electron chi connectivity index (χ4n) is 1.26. The number of aliphatic carboxylic acids is 1. The molecule has 0 aromatic heterocycles. The largest absolute Gasteiger partial charge is 0.480 e. The molecule has 0 saturated carbocycles. The first kappa shape index (κ1) is 13.2. The molecule has 0 atom stereocenters. The number of carbonyl (C=O) groups is 2. The minimum atomic E-state index is -1.04. The van der Waals surface area contributed by atoms with Crippen molar-refractivity contribution in [3.63, 3.8) is 0 Å². The van der Waals surface area contributed by atoms with E-state index in [0.29, 0.717) is 6.54 Å². The molecule has 0 aliphatic carbocycles. The summed E-state index contributed by atoms with van der Waals surface area (Å²) in [4.78, 5) is 21.4. The van der Waals surface area contributed by atoms with E-state index in [-0.39, 0.29) is 19.0 Å². The molecule has 1 aromatic carbocycles. The number of benzene rings is 1. The Morgan fingerprint density at radius 1 is 1.18 bits per heavy atom. The number of rotatable bonds is 6. The van der Waals surface area contributed by atoms with E-state index in [1.54, 1.807) is 0 Å². The number of amides is 1. The van der Waals surface area contributed by atoms with Gasteiger partial charge in [0.25, 0.3) is 0 Å². The van der Waals surface area contributed by atoms with Crippen LogP contribution in [0, 0.1) is 6.92 Å². The molecule has 5 nitrogen and oxygen atoms in total. The Bertz CT molecular complexity index is 387. The predicted molar refractivity (Wildman–Crippen MR) is 63.5 cm³/mol. The molecule has 92 valence electrons. The van der Waals surface area contributed by atoms with E-state index < -0.39 is 5.97 Å². The van der Waals surface area contributed by atoms with Gasteiger partial charge in [-0.1, -0.05) is 29.8 Å². The van der Waals surface area contributed by atoms with Crippen LogP contribution >= 0.6 is 0 Å². The summed E-state index contributed by atoms with van der Waals surface area (Å²) < 4.78 is 0. The van der Waals surface area contributed by atoms with Crippen LogP contribution in [0.15, 0.2) is 24.3 Å². The van der Waals surface area contributed by atoms with Crippen LogP contribution < -0.4 is 10.6 Å². The van der Waals surface area contributed by atoms with Gasteiger partial charge in [-0.3, -0.25) is 9.59 Å².